The molecule has 0 aliphatic heterocycles. The first kappa shape index (κ1) is 19.7. The Kier molecular flexibility index (Phi) is 4.78. The molecule has 9 nitrogen and oxygen atoms in total. The number of benzene rings is 1. The first-order valence-corrected chi connectivity index (χ1v) is 10.3. The first-order valence-electron chi connectivity index (χ1n) is 10.3. The molecule has 3 N–H and O–H groups in total. The molecule has 0 aliphatic rings. The van der Waals surface area contributed by atoms with Crippen molar-refractivity contribution in [2.75, 3.05) is 5.73 Å². The zero-order valence-corrected chi connectivity index (χ0v) is 17.9. The molecule has 0 unspecified atom stereocenters. The summed E-state index contributed by atoms with van der Waals surface area (Å²) in [4.78, 5) is 22.4. The average Bonchev–Trinajstić information content (AvgIpc) is 3.40. The maximum atomic E-state index is 13.2. The highest BCUT2D eigenvalue weighted by Crippen LogP contribution is 2.33. The molecule has 4 aromatic heterocycles. The third-order valence-corrected chi connectivity index (χ3v) is 5.35. The van der Waals surface area contributed by atoms with Crippen LogP contribution in [0, 0.1) is 13.8 Å². The number of nitrogens with zero attached hydrogens (tertiary/aromatic N) is 6. The standard InChI is InChI=1S/C23H22N8O/c1-15-13-18(14-16(2)26-15)19-20(17-7-4-3-5-8-17)27-22(24)31-21(19)28-30(23(31)32)12-11-29-10-6-9-25-29/h3-10,13-14H,11-12H2,1-2H3,(H2,24,26,27,28)/p+1. The lowest BCUT2D eigenvalue weighted by Crippen LogP contribution is -2.44. The van der Waals surface area contributed by atoms with Gasteiger partial charge in [-0.1, -0.05) is 30.3 Å². The van der Waals surface area contributed by atoms with Crippen LogP contribution in [0.5, 0.6) is 0 Å². The lowest BCUT2D eigenvalue weighted by atomic mass is 9.99. The van der Waals surface area contributed by atoms with Crippen LogP contribution in [-0.2, 0) is 13.1 Å². The van der Waals surface area contributed by atoms with Gasteiger partial charge < -0.3 is 5.73 Å². The molecule has 0 spiro atoms. The molecule has 0 atom stereocenters. The van der Waals surface area contributed by atoms with E-state index in [1.165, 1.54) is 9.08 Å². The Morgan fingerprint density at radius 2 is 1.75 bits per heavy atom. The van der Waals surface area contributed by atoms with E-state index in [2.05, 4.69) is 20.2 Å². The average molecular weight is 427 g/mol. The number of aromatic nitrogens is 7. The fraction of sp³-hybridized carbons (Fsp3) is 0.174. The molecule has 5 aromatic rings. The number of anilines is 1. The van der Waals surface area contributed by atoms with Crippen molar-refractivity contribution in [3.05, 3.63) is 82.8 Å². The molecule has 160 valence electrons. The van der Waals surface area contributed by atoms with E-state index in [1.54, 1.807) is 10.9 Å². The number of rotatable bonds is 5. The van der Waals surface area contributed by atoms with E-state index in [4.69, 9.17) is 5.73 Å². The van der Waals surface area contributed by atoms with Crippen molar-refractivity contribution in [1.29, 1.82) is 0 Å². The minimum Gasteiger partial charge on any atom is -0.319 e. The van der Waals surface area contributed by atoms with Crippen molar-refractivity contribution >= 4 is 11.6 Å². The van der Waals surface area contributed by atoms with Gasteiger partial charge in [0.1, 0.15) is 12.2 Å². The lowest BCUT2D eigenvalue weighted by Gasteiger charge is -2.10. The van der Waals surface area contributed by atoms with Gasteiger partial charge in [-0.05, 0) is 37.6 Å². The highest BCUT2D eigenvalue weighted by Gasteiger charge is 2.26. The number of nitrogens with two attached hydrogens (primary N) is 1. The third kappa shape index (κ3) is 3.43. The Balaban J connectivity index is 1.77. The molecule has 32 heavy (non-hydrogen) atoms. The third-order valence-electron chi connectivity index (χ3n) is 5.35. The number of hydrogen-bond acceptors (Lipinski definition) is 5. The highest BCUT2D eigenvalue weighted by molar-refractivity contribution is 5.88. The summed E-state index contributed by atoms with van der Waals surface area (Å²) in [6.07, 6.45) is 3.57. The molecule has 0 amide bonds. The molecule has 0 radical (unpaired) electrons. The van der Waals surface area contributed by atoms with Crippen LogP contribution >= 0.6 is 0 Å². The van der Waals surface area contributed by atoms with E-state index >= 15 is 0 Å². The molecule has 0 saturated heterocycles. The predicted octanol–water partition coefficient (Wildman–Crippen LogP) is 2.13. The summed E-state index contributed by atoms with van der Waals surface area (Å²) in [5.74, 6) is 0.129. The Morgan fingerprint density at radius 1 is 1.00 bits per heavy atom. The van der Waals surface area contributed by atoms with Gasteiger partial charge in [-0.15, -0.1) is 9.38 Å². The van der Waals surface area contributed by atoms with Crippen molar-refractivity contribution < 1.29 is 4.40 Å². The van der Waals surface area contributed by atoms with E-state index in [0.29, 0.717) is 24.4 Å². The second-order valence-electron chi connectivity index (χ2n) is 7.70. The Bertz CT molecular complexity index is 1450. The molecular formula is C23H23N8O+. The predicted molar refractivity (Wildman–Crippen MR) is 121 cm³/mol. The number of H-pyrrole nitrogens is 1. The topological polar surface area (TPSA) is 112 Å². The number of aromatic amines is 1. The van der Waals surface area contributed by atoms with Gasteiger partial charge in [-0.3, -0.25) is 9.67 Å². The molecule has 0 bridgehead atoms. The van der Waals surface area contributed by atoms with Gasteiger partial charge in [0.05, 0.1) is 12.1 Å². The van der Waals surface area contributed by atoms with Crippen molar-refractivity contribution in [3.63, 3.8) is 0 Å². The zero-order valence-electron chi connectivity index (χ0n) is 17.9. The van der Waals surface area contributed by atoms with E-state index in [9.17, 15) is 4.79 Å². The summed E-state index contributed by atoms with van der Waals surface area (Å²) in [5, 5.41) is 7.48. The number of nitrogens with one attached hydrogen (secondary N) is 1. The van der Waals surface area contributed by atoms with Crippen LogP contribution in [0.2, 0.25) is 0 Å². The van der Waals surface area contributed by atoms with E-state index in [-0.39, 0.29) is 11.6 Å². The number of pyridine rings is 1. The van der Waals surface area contributed by atoms with Gasteiger partial charge in [0.25, 0.3) is 0 Å². The second-order valence-corrected chi connectivity index (χ2v) is 7.70. The minimum atomic E-state index is -0.277. The Labute approximate surface area is 183 Å². The molecule has 0 aliphatic carbocycles. The number of hydrogen-bond donors (Lipinski definition) is 2. The molecule has 1 aromatic carbocycles. The number of nitrogen functional groups attached to an aromatic ring is 1. The summed E-state index contributed by atoms with van der Waals surface area (Å²) in [7, 11) is 0. The van der Waals surface area contributed by atoms with E-state index in [1.807, 2.05) is 68.6 Å². The van der Waals surface area contributed by atoms with Crippen molar-refractivity contribution in [1.82, 2.24) is 29.5 Å². The fourth-order valence-corrected chi connectivity index (χ4v) is 4.00. The maximum Gasteiger partial charge on any atom is 0.428 e. The van der Waals surface area contributed by atoms with Crippen LogP contribution in [0.4, 0.5) is 5.95 Å². The smallest absolute Gasteiger partial charge is 0.319 e. The van der Waals surface area contributed by atoms with Crippen LogP contribution < -0.4 is 15.8 Å². The number of aryl methyl sites for hydroxylation is 4. The Morgan fingerprint density at radius 3 is 2.44 bits per heavy atom. The van der Waals surface area contributed by atoms with Gasteiger partial charge in [0.2, 0.25) is 5.65 Å². The van der Waals surface area contributed by atoms with Crippen molar-refractivity contribution in [2.24, 2.45) is 0 Å². The molecule has 4 heterocycles. The van der Waals surface area contributed by atoms with Crippen molar-refractivity contribution in [2.45, 2.75) is 26.9 Å². The van der Waals surface area contributed by atoms with Crippen LogP contribution in [0.3, 0.4) is 0 Å². The molecular weight excluding hydrogens is 404 g/mol. The first-order chi connectivity index (χ1) is 15.5. The summed E-state index contributed by atoms with van der Waals surface area (Å²) >= 11 is 0. The van der Waals surface area contributed by atoms with Crippen molar-refractivity contribution in [3.8, 4) is 22.4 Å². The summed E-state index contributed by atoms with van der Waals surface area (Å²) < 4.78 is 4.74. The van der Waals surface area contributed by atoms with Crippen LogP contribution in [-0.4, -0.2) is 29.5 Å². The van der Waals surface area contributed by atoms with Gasteiger partial charge in [-0.2, -0.15) is 9.78 Å². The molecule has 0 saturated carbocycles. The second kappa shape index (κ2) is 7.77. The molecule has 5 rings (SSSR count). The minimum absolute atomic E-state index is 0.129. The summed E-state index contributed by atoms with van der Waals surface area (Å²) in [6.45, 7) is 4.86. The monoisotopic (exact) mass is 427 g/mol. The van der Waals surface area contributed by atoms with Gasteiger partial charge in [0, 0.05) is 29.3 Å². The quantitative estimate of drug-likeness (QED) is 0.418. The maximum absolute atomic E-state index is 13.2. The van der Waals surface area contributed by atoms with Crippen LogP contribution in [0.15, 0.2) is 65.7 Å². The van der Waals surface area contributed by atoms with Crippen LogP contribution in [0.1, 0.15) is 11.4 Å². The highest BCUT2D eigenvalue weighted by atomic mass is 16.2. The van der Waals surface area contributed by atoms with Crippen LogP contribution in [0.25, 0.3) is 28.0 Å². The largest absolute Gasteiger partial charge is 0.428 e. The van der Waals surface area contributed by atoms with E-state index in [0.717, 1.165) is 28.1 Å². The Hall–Kier alpha value is -4.27. The molecule has 0 fully saturated rings. The molecule has 9 heteroatoms. The zero-order chi connectivity index (χ0) is 22.2. The fourth-order valence-electron chi connectivity index (χ4n) is 4.00. The SMILES string of the molecule is Cc1cc(-c2c(-c3ccccc3)nc(N)[n+]3c(=O)n(CCn4cccn4)[nH]c23)cc(C)n1. The number of fused-ring (bicyclic) bond motifs is 1. The normalized spacial score (nSPS) is 11.3. The van der Waals surface area contributed by atoms with Gasteiger partial charge in [-0.25, -0.2) is 9.89 Å². The summed E-state index contributed by atoms with van der Waals surface area (Å²) in [5.41, 5.74) is 11.7. The van der Waals surface area contributed by atoms with E-state index < -0.39 is 0 Å². The van der Waals surface area contributed by atoms with Gasteiger partial charge in [0.15, 0.2) is 0 Å². The van der Waals surface area contributed by atoms with Gasteiger partial charge >= 0.3 is 11.6 Å². The lowest BCUT2D eigenvalue weighted by molar-refractivity contribution is -0.516. The summed E-state index contributed by atoms with van der Waals surface area (Å²) in [6, 6.07) is 15.7.